The molecule has 2 N–H and O–H groups in total. The van der Waals surface area contributed by atoms with E-state index in [0.717, 1.165) is 36.9 Å². The zero-order valence-corrected chi connectivity index (χ0v) is 11.9. The van der Waals surface area contributed by atoms with Gasteiger partial charge in [0.15, 0.2) is 0 Å². The summed E-state index contributed by atoms with van der Waals surface area (Å²) in [5.41, 5.74) is 2.09. The maximum atomic E-state index is 12.7. The van der Waals surface area contributed by atoms with E-state index >= 15 is 0 Å². The molecule has 1 aromatic carbocycles. The Hall–Kier alpha value is -1.88. The lowest BCUT2D eigenvalue weighted by molar-refractivity contribution is -0.152. The molecule has 1 amide bonds. The molecule has 0 bridgehead atoms. The van der Waals surface area contributed by atoms with Crippen LogP contribution in [0.2, 0.25) is 0 Å². The lowest BCUT2D eigenvalue weighted by Crippen LogP contribution is -2.55. The number of fused-ring (bicyclic) bond motifs is 1. The molecular formula is C16H20N2O3. The predicted molar refractivity (Wildman–Crippen MR) is 77.8 cm³/mol. The number of hydrogen-bond acceptors (Lipinski definition) is 3. The summed E-state index contributed by atoms with van der Waals surface area (Å²) in [5.74, 6) is -0.995. The summed E-state index contributed by atoms with van der Waals surface area (Å²) >= 11 is 0. The molecule has 0 radical (unpaired) electrons. The van der Waals surface area contributed by atoms with Crippen LogP contribution in [-0.4, -0.2) is 40.5 Å². The fraction of sp³-hybridized carbons (Fsp3) is 0.500. The minimum Gasteiger partial charge on any atom is -0.480 e. The molecule has 0 aliphatic carbocycles. The summed E-state index contributed by atoms with van der Waals surface area (Å²) in [5, 5.41) is 12.7. The van der Waals surface area contributed by atoms with Gasteiger partial charge in [-0.2, -0.15) is 0 Å². The number of hydrogen-bond donors (Lipinski definition) is 2. The van der Waals surface area contributed by atoms with Crippen LogP contribution in [0.3, 0.4) is 0 Å². The summed E-state index contributed by atoms with van der Waals surface area (Å²) < 4.78 is 0. The molecule has 5 nitrogen and oxygen atoms in total. The number of carboxylic acid groups (broad SMARTS) is 1. The van der Waals surface area contributed by atoms with Gasteiger partial charge in [0.2, 0.25) is 5.91 Å². The van der Waals surface area contributed by atoms with Crippen LogP contribution < -0.4 is 5.32 Å². The van der Waals surface area contributed by atoms with E-state index in [0.29, 0.717) is 13.0 Å². The SMILES string of the molecule is O=C(O)[C@H]1Cc2ccccc2CN1C(=O)C1CCCCN1. The lowest BCUT2D eigenvalue weighted by atomic mass is 9.92. The fourth-order valence-corrected chi connectivity index (χ4v) is 3.24. The van der Waals surface area contributed by atoms with Crippen LogP contribution in [0.5, 0.6) is 0 Å². The maximum Gasteiger partial charge on any atom is 0.326 e. The van der Waals surface area contributed by atoms with Crippen LogP contribution in [0.25, 0.3) is 0 Å². The number of nitrogens with one attached hydrogen (secondary N) is 1. The Morgan fingerprint density at radius 2 is 1.95 bits per heavy atom. The minimum atomic E-state index is -0.923. The van der Waals surface area contributed by atoms with E-state index in [4.69, 9.17) is 0 Å². The van der Waals surface area contributed by atoms with Gasteiger partial charge in [0, 0.05) is 13.0 Å². The number of benzene rings is 1. The zero-order chi connectivity index (χ0) is 14.8. The molecule has 2 aliphatic rings. The molecule has 2 heterocycles. The Balaban J connectivity index is 1.85. The molecule has 2 aliphatic heterocycles. The standard InChI is InChI=1S/C16H20N2O3/c19-15(13-7-3-4-8-17-13)18-10-12-6-2-1-5-11(12)9-14(18)16(20)21/h1-2,5-6,13-14,17H,3-4,7-10H2,(H,20,21)/t13?,14-/m1/s1. The molecular weight excluding hydrogens is 268 g/mol. The second-order valence-electron chi connectivity index (χ2n) is 5.80. The van der Waals surface area contributed by atoms with Crippen molar-refractivity contribution in [3.8, 4) is 0 Å². The van der Waals surface area contributed by atoms with Crippen LogP contribution in [0, 0.1) is 0 Å². The molecule has 112 valence electrons. The Kier molecular flexibility index (Phi) is 3.92. The van der Waals surface area contributed by atoms with Gasteiger partial charge >= 0.3 is 5.97 Å². The van der Waals surface area contributed by atoms with E-state index in [1.165, 1.54) is 4.90 Å². The second-order valence-corrected chi connectivity index (χ2v) is 5.80. The summed E-state index contributed by atoms with van der Waals surface area (Å²) in [4.78, 5) is 25.8. The Labute approximate surface area is 123 Å². The van der Waals surface area contributed by atoms with Crippen molar-refractivity contribution in [2.75, 3.05) is 6.54 Å². The molecule has 1 unspecified atom stereocenters. The molecule has 0 saturated carbocycles. The van der Waals surface area contributed by atoms with E-state index in [9.17, 15) is 14.7 Å². The number of piperidine rings is 1. The normalized spacial score (nSPS) is 25.2. The van der Waals surface area contributed by atoms with Gasteiger partial charge in [-0.3, -0.25) is 4.79 Å². The van der Waals surface area contributed by atoms with Crippen LogP contribution in [0.15, 0.2) is 24.3 Å². The molecule has 1 aromatic rings. The highest BCUT2D eigenvalue weighted by molar-refractivity contribution is 5.87. The van der Waals surface area contributed by atoms with Gasteiger partial charge in [-0.05, 0) is 30.5 Å². The Morgan fingerprint density at radius 1 is 1.19 bits per heavy atom. The van der Waals surface area contributed by atoms with Crippen LogP contribution >= 0.6 is 0 Å². The third kappa shape index (κ3) is 2.78. The maximum absolute atomic E-state index is 12.7. The van der Waals surface area contributed by atoms with Gasteiger partial charge in [-0.15, -0.1) is 0 Å². The molecule has 0 aromatic heterocycles. The van der Waals surface area contributed by atoms with Crippen molar-refractivity contribution in [1.29, 1.82) is 0 Å². The zero-order valence-electron chi connectivity index (χ0n) is 11.9. The van der Waals surface area contributed by atoms with E-state index < -0.39 is 12.0 Å². The summed E-state index contributed by atoms with van der Waals surface area (Å²) in [6.07, 6.45) is 3.29. The molecule has 1 fully saturated rings. The van der Waals surface area contributed by atoms with Crippen molar-refractivity contribution < 1.29 is 14.7 Å². The quantitative estimate of drug-likeness (QED) is 0.857. The van der Waals surface area contributed by atoms with Gasteiger partial charge in [0.1, 0.15) is 6.04 Å². The molecule has 3 rings (SSSR count). The van der Waals surface area contributed by atoms with Crippen molar-refractivity contribution in [2.24, 2.45) is 0 Å². The van der Waals surface area contributed by atoms with Gasteiger partial charge in [-0.25, -0.2) is 4.79 Å². The average molecular weight is 288 g/mol. The first kappa shape index (κ1) is 14.1. The monoisotopic (exact) mass is 288 g/mol. The number of amides is 1. The lowest BCUT2D eigenvalue weighted by Gasteiger charge is -2.37. The van der Waals surface area contributed by atoms with Crippen LogP contribution in [-0.2, 0) is 22.6 Å². The second kappa shape index (κ2) is 5.85. The number of nitrogens with zero attached hydrogens (tertiary/aromatic N) is 1. The Morgan fingerprint density at radius 3 is 2.62 bits per heavy atom. The summed E-state index contributed by atoms with van der Waals surface area (Å²) in [6.45, 7) is 1.22. The number of carboxylic acids is 1. The smallest absolute Gasteiger partial charge is 0.326 e. The third-order valence-electron chi connectivity index (χ3n) is 4.43. The van der Waals surface area contributed by atoms with Crippen molar-refractivity contribution in [2.45, 2.75) is 44.3 Å². The van der Waals surface area contributed by atoms with E-state index in [1.807, 2.05) is 24.3 Å². The first-order chi connectivity index (χ1) is 10.2. The minimum absolute atomic E-state index is 0.0726. The van der Waals surface area contributed by atoms with Crippen molar-refractivity contribution >= 4 is 11.9 Å². The summed E-state index contributed by atoms with van der Waals surface area (Å²) in [6, 6.07) is 6.79. The van der Waals surface area contributed by atoms with Crippen molar-refractivity contribution in [1.82, 2.24) is 10.2 Å². The highest BCUT2D eigenvalue weighted by Gasteiger charge is 2.37. The number of carbonyl (C=O) groups is 2. The molecule has 0 spiro atoms. The molecule has 5 heteroatoms. The van der Waals surface area contributed by atoms with Gasteiger partial charge in [-0.1, -0.05) is 30.7 Å². The van der Waals surface area contributed by atoms with Gasteiger partial charge in [0.05, 0.1) is 6.04 Å². The third-order valence-corrected chi connectivity index (χ3v) is 4.43. The van der Waals surface area contributed by atoms with Crippen molar-refractivity contribution in [3.05, 3.63) is 35.4 Å². The van der Waals surface area contributed by atoms with E-state index in [1.54, 1.807) is 0 Å². The molecule has 2 atom stereocenters. The number of rotatable bonds is 2. The fourth-order valence-electron chi connectivity index (χ4n) is 3.24. The highest BCUT2D eigenvalue weighted by atomic mass is 16.4. The number of aliphatic carboxylic acids is 1. The first-order valence-corrected chi connectivity index (χ1v) is 7.50. The first-order valence-electron chi connectivity index (χ1n) is 7.50. The number of carbonyl (C=O) groups excluding carboxylic acids is 1. The predicted octanol–water partition coefficient (Wildman–Crippen LogP) is 1.17. The molecule has 1 saturated heterocycles. The largest absolute Gasteiger partial charge is 0.480 e. The van der Waals surface area contributed by atoms with Gasteiger partial charge in [0.25, 0.3) is 0 Å². The van der Waals surface area contributed by atoms with Crippen LogP contribution in [0.1, 0.15) is 30.4 Å². The summed E-state index contributed by atoms with van der Waals surface area (Å²) in [7, 11) is 0. The van der Waals surface area contributed by atoms with Crippen molar-refractivity contribution in [3.63, 3.8) is 0 Å². The topological polar surface area (TPSA) is 69.6 Å². The van der Waals surface area contributed by atoms with Crippen LogP contribution in [0.4, 0.5) is 0 Å². The average Bonchev–Trinajstić information content (AvgIpc) is 2.53. The molecule has 21 heavy (non-hydrogen) atoms. The Bertz CT molecular complexity index is 552. The van der Waals surface area contributed by atoms with Gasteiger partial charge < -0.3 is 15.3 Å². The van der Waals surface area contributed by atoms with E-state index in [2.05, 4.69) is 5.32 Å². The highest BCUT2D eigenvalue weighted by Crippen LogP contribution is 2.25. The van der Waals surface area contributed by atoms with E-state index in [-0.39, 0.29) is 11.9 Å².